The lowest BCUT2D eigenvalue weighted by Crippen LogP contribution is -2.34. The van der Waals surface area contributed by atoms with Gasteiger partial charge in [-0.15, -0.1) is 0 Å². The first-order chi connectivity index (χ1) is 12.1. The lowest BCUT2D eigenvalue weighted by molar-refractivity contribution is 0.102. The highest BCUT2D eigenvalue weighted by atomic mass is 32.2. The minimum absolute atomic E-state index is 0.0799. The maximum Gasteiger partial charge on any atom is 0.253 e. The van der Waals surface area contributed by atoms with Crippen LogP contribution in [0.3, 0.4) is 0 Å². The molecule has 0 aliphatic carbocycles. The Morgan fingerprint density at radius 1 is 1.42 bits per heavy atom. The number of hydrogen-bond acceptors (Lipinski definition) is 7. The van der Waals surface area contributed by atoms with E-state index < -0.39 is 10.0 Å². The molecule has 3 N–H and O–H groups in total. The van der Waals surface area contributed by atoms with E-state index in [4.69, 9.17) is 5.73 Å². The summed E-state index contributed by atoms with van der Waals surface area (Å²) in [6.07, 6.45) is 1.73. The Kier molecular flexibility index (Phi) is 4.80. The fraction of sp³-hybridized carbons (Fsp3) is 0.312. The maximum absolute atomic E-state index is 12.4. The lowest BCUT2D eigenvalue weighted by atomic mass is 10.0. The topological polar surface area (TPSA) is 126 Å². The van der Waals surface area contributed by atoms with Crippen molar-refractivity contribution in [2.24, 2.45) is 0 Å². The summed E-state index contributed by atoms with van der Waals surface area (Å²) in [5.41, 5.74) is 7.08. The zero-order chi connectivity index (χ0) is 19.1. The van der Waals surface area contributed by atoms with E-state index in [-0.39, 0.29) is 34.1 Å². The van der Waals surface area contributed by atoms with E-state index in [1.165, 1.54) is 16.6 Å². The number of sulfonamides is 1. The van der Waals surface area contributed by atoms with E-state index in [1.807, 2.05) is 6.92 Å². The van der Waals surface area contributed by atoms with Crippen LogP contribution in [0.2, 0.25) is 0 Å². The molecule has 0 radical (unpaired) electrons. The number of ketones is 1. The molecule has 1 aromatic carbocycles. The summed E-state index contributed by atoms with van der Waals surface area (Å²) >= 11 is 1.09. The Labute approximate surface area is 154 Å². The van der Waals surface area contributed by atoms with Crippen LogP contribution in [-0.2, 0) is 16.4 Å². The SMILES string of the molecule is C[C@H]1Cc2cc(C(=O)CSc3nc(N)cc(=O)[nH]3)ccc2N1S(C)(=O)=O. The monoisotopic (exact) mass is 394 g/mol. The normalized spacial score (nSPS) is 16.5. The molecule has 0 bridgehead atoms. The number of anilines is 2. The van der Waals surface area contributed by atoms with Crippen LogP contribution in [0.1, 0.15) is 22.8 Å². The van der Waals surface area contributed by atoms with Crippen LogP contribution in [0.15, 0.2) is 34.2 Å². The van der Waals surface area contributed by atoms with Crippen LogP contribution in [0, 0.1) is 0 Å². The van der Waals surface area contributed by atoms with Gasteiger partial charge in [-0.1, -0.05) is 11.8 Å². The number of hydrogen-bond donors (Lipinski definition) is 2. The molecule has 1 aliphatic rings. The number of H-pyrrole nitrogens is 1. The Morgan fingerprint density at radius 2 is 2.15 bits per heavy atom. The van der Waals surface area contributed by atoms with Gasteiger partial charge in [0, 0.05) is 17.7 Å². The van der Waals surface area contributed by atoms with Gasteiger partial charge in [-0.3, -0.25) is 13.9 Å². The zero-order valence-electron chi connectivity index (χ0n) is 14.2. The second kappa shape index (κ2) is 6.76. The number of Topliss-reactive ketones (excluding diaryl/α,β-unsaturated/α-hetero) is 1. The highest BCUT2D eigenvalue weighted by molar-refractivity contribution is 7.99. The number of nitrogens with zero attached hydrogens (tertiary/aromatic N) is 2. The third kappa shape index (κ3) is 3.75. The number of carbonyl (C=O) groups is 1. The van der Waals surface area contributed by atoms with E-state index in [1.54, 1.807) is 18.2 Å². The summed E-state index contributed by atoms with van der Waals surface area (Å²) in [5.74, 6) is 0.0284. The predicted octanol–water partition coefficient (Wildman–Crippen LogP) is 1.04. The number of thioether (sulfide) groups is 1. The number of nitrogen functional groups attached to an aromatic ring is 1. The van der Waals surface area contributed by atoms with Gasteiger partial charge in [-0.2, -0.15) is 0 Å². The third-order valence-corrected chi connectivity index (χ3v) is 6.14. The summed E-state index contributed by atoms with van der Waals surface area (Å²) in [5, 5.41) is 0.279. The van der Waals surface area contributed by atoms with Crippen molar-refractivity contribution in [3.63, 3.8) is 0 Å². The van der Waals surface area contributed by atoms with Crippen molar-refractivity contribution >= 4 is 39.1 Å². The van der Waals surface area contributed by atoms with Gasteiger partial charge in [-0.05, 0) is 37.1 Å². The van der Waals surface area contributed by atoms with E-state index in [2.05, 4.69) is 9.97 Å². The van der Waals surface area contributed by atoms with Crippen LogP contribution < -0.4 is 15.6 Å². The van der Waals surface area contributed by atoms with Gasteiger partial charge in [0.25, 0.3) is 5.56 Å². The van der Waals surface area contributed by atoms with Crippen LogP contribution >= 0.6 is 11.8 Å². The van der Waals surface area contributed by atoms with E-state index >= 15 is 0 Å². The lowest BCUT2D eigenvalue weighted by Gasteiger charge is -2.21. The van der Waals surface area contributed by atoms with Crippen LogP contribution in [0.5, 0.6) is 0 Å². The summed E-state index contributed by atoms with van der Waals surface area (Å²) in [7, 11) is -3.36. The average molecular weight is 394 g/mol. The second-order valence-corrected chi connectivity index (χ2v) is 8.97. The van der Waals surface area contributed by atoms with Crippen molar-refractivity contribution in [2.45, 2.75) is 24.5 Å². The van der Waals surface area contributed by atoms with Gasteiger partial charge in [0.05, 0.1) is 17.7 Å². The minimum atomic E-state index is -3.36. The van der Waals surface area contributed by atoms with Crippen molar-refractivity contribution in [1.82, 2.24) is 9.97 Å². The largest absolute Gasteiger partial charge is 0.383 e. The van der Waals surface area contributed by atoms with Crippen molar-refractivity contribution in [1.29, 1.82) is 0 Å². The van der Waals surface area contributed by atoms with E-state index in [9.17, 15) is 18.0 Å². The summed E-state index contributed by atoms with van der Waals surface area (Å²) in [6, 6.07) is 6.00. The number of nitrogens with two attached hydrogens (primary N) is 1. The van der Waals surface area contributed by atoms with Crippen molar-refractivity contribution in [3.8, 4) is 0 Å². The van der Waals surface area contributed by atoms with E-state index in [0.717, 1.165) is 17.3 Å². The minimum Gasteiger partial charge on any atom is -0.383 e. The number of aromatic amines is 1. The number of fused-ring (bicyclic) bond motifs is 1. The second-order valence-electron chi connectivity index (χ2n) is 6.14. The van der Waals surface area contributed by atoms with Gasteiger partial charge in [0.2, 0.25) is 10.0 Å². The summed E-state index contributed by atoms with van der Waals surface area (Å²) in [4.78, 5) is 30.3. The first-order valence-electron chi connectivity index (χ1n) is 7.80. The van der Waals surface area contributed by atoms with Crippen molar-refractivity contribution < 1.29 is 13.2 Å². The molecule has 8 nitrogen and oxygen atoms in total. The Hall–Kier alpha value is -2.33. The molecular weight excluding hydrogens is 376 g/mol. The molecule has 26 heavy (non-hydrogen) atoms. The van der Waals surface area contributed by atoms with Gasteiger partial charge < -0.3 is 10.7 Å². The number of rotatable bonds is 5. The number of nitrogens with one attached hydrogen (secondary N) is 1. The van der Waals surface area contributed by atoms with E-state index in [0.29, 0.717) is 17.7 Å². The van der Waals surface area contributed by atoms with Crippen LogP contribution in [0.25, 0.3) is 0 Å². The van der Waals surface area contributed by atoms with Crippen LogP contribution in [-0.4, -0.2) is 42.2 Å². The number of aromatic nitrogens is 2. The molecule has 0 fully saturated rings. The molecule has 0 saturated heterocycles. The summed E-state index contributed by atoms with van der Waals surface area (Å²) < 4.78 is 25.3. The zero-order valence-corrected chi connectivity index (χ0v) is 15.9. The predicted molar refractivity (Wildman–Crippen MR) is 101 cm³/mol. The molecule has 1 aliphatic heterocycles. The van der Waals surface area contributed by atoms with Gasteiger partial charge >= 0.3 is 0 Å². The van der Waals surface area contributed by atoms with Gasteiger partial charge in [0.15, 0.2) is 10.9 Å². The number of benzene rings is 1. The molecular formula is C16H18N4O4S2. The Bertz CT molecular complexity index is 1030. The molecule has 3 rings (SSSR count). The molecule has 0 unspecified atom stereocenters. The first kappa shape index (κ1) is 18.5. The molecule has 1 atom stereocenters. The molecule has 0 amide bonds. The molecule has 138 valence electrons. The molecule has 10 heteroatoms. The molecule has 2 aromatic rings. The van der Waals surface area contributed by atoms with Gasteiger partial charge in [0.1, 0.15) is 5.82 Å². The fourth-order valence-electron chi connectivity index (χ4n) is 3.02. The molecule has 2 heterocycles. The summed E-state index contributed by atoms with van der Waals surface area (Å²) in [6.45, 7) is 1.83. The first-order valence-corrected chi connectivity index (χ1v) is 10.6. The fourth-order valence-corrected chi connectivity index (χ4v) is 5.06. The molecule has 1 aromatic heterocycles. The van der Waals surface area contributed by atoms with Gasteiger partial charge in [-0.25, -0.2) is 13.4 Å². The molecule has 0 spiro atoms. The third-order valence-electron chi connectivity index (χ3n) is 3.99. The Morgan fingerprint density at radius 3 is 2.81 bits per heavy atom. The number of carbonyl (C=O) groups excluding carboxylic acids is 1. The quantitative estimate of drug-likeness (QED) is 0.441. The smallest absolute Gasteiger partial charge is 0.253 e. The Balaban J connectivity index is 1.78. The highest BCUT2D eigenvalue weighted by Gasteiger charge is 2.32. The standard InChI is InChI=1S/C16H18N4O4S2/c1-9-5-11-6-10(3-4-12(11)20(9)26(2,23)24)13(21)8-25-16-18-14(17)7-15(22)19-16/h3-4,6-7,9H,5,8H2,1-2H3,(H3,17,18,19,22)/t9-/m0/s1. The van der Waals surface area contributed by atoms with Crippen molar-refractivity contribution in [2.75, 3.05) is 22.0 Å². The van der Waals surface area contributed by atoms with Crippen molar-refractivity contribution in [3.05, 3.63) is 45.7 Å². The van der Waals surface area contributed by atoms with Crippen LogP contribution in [0.4, 0.5) is 11.5 Å². The molecule has 0 saturated carbocycles. The maximum atomic E-state index is 12.4. The average Bonchev–Trinajstić information content (AvgIpc) is 2.86. The highest BCUT2D eigenvalue weighted by Crippen LogP contribution is 2.35.